The fraction of sp³-hybridized carbons (Fsp3) is 0.273. The topological polar surface area (TPSA) is 201 Å². The largest absolute Gasteiger partial charge is 0.497 e. The first-order valence-corrected chi connectivity index (χ1v) is 41.9. The lowest BCUT2D eigenvalue weighted by Gasteiger charge is -2.35. The van der Waals surface area contributed by atoms with E-state index in [1.165, 1.54) is 94.3 Å². The van der Waals surface area contributed by atoms with Gasteiger partial charge in [0.25, 0.3) is 0 Å². The Labute approximate surface area is 686 Å². The van der Waals surface area contributed by atoms with Crippen molar-refractivity contribution < 1.29 is 37.0 Å². The normalized spacial score (nSPS) is 16.9. The van der Waals surface area contributed by atoms with Crippen LogP contribution >= 0.6 is 0 Å². The number of carbonyl (C=O) groups excluding carboxylic acids is 2. The third-order valence-electron chi connectivity index (χ3n) is 23.8. The molecular formula is C99H97N9O8S. The molecule has 18 rings (SSSR count). The number of nitrogens with zero attached hydrogens (tertiary/aromatic N) is 7. The van der Waals surface area contributed by atoms with E-state index in [4.69, 9.17) is 39.2 Å². The van der Waals surface area contributed by atoms with Crippen LogP contribution in [0, 0.1) is 52.9 Å². The molecule has 0 spiro atoms. The summed E-state index contributed by atoms with van der Waals surface area (Å²) in [5.41, 5.74) is 33.1. The number of nitrogens with one attached hydrogen (secondary N) is 2. The van der Waals surface area contributed by atoms with E-state index in [2.05, 4.69) is 167 Å². The first-order valence-electron chi connectivity index (χ1n) is 40.5. The van der Waals surface area contributed by atoms with E-state index in [9.17, 15) is 18.0 Å². The van der Waals surface area contributed by atoms with E-state index in [0.29, 0.717) is 77.4 Å². The second kappa shape index (κ2) is 34.5. The molecule has 9 aromatic carbocycles. The van der Waals surface area contributed by atoms with Crippen LogP contribution in [0.1, 0.15) is 160 Å². The van der Waals surface area contributed by atoms with Crippen molar-refractivity contribution in [3.8, 4) is 45.6 Å². The molecule has 3 aromatic heterocycles. The number of benzene rings is 9. The molecule has 0 unspecified atom stereocenters. The third kappa shape index (κ3) is 16.9. The Morgan fingerprint density at radius 3 is 1.24 bits per heavy atom. The zero-order valence-electron chi connectivity index (χ0n) is 67.6. The number of rotatable bonds is 12. The zero-order valence-corrected chi connectivity index (χ0v) is 68.4. The smallest absolute Gasteiger partial charge is 0.322 e. The van der Waals surface area contributed by atoms with Crippen molar-refractivity contribution in [2.45, 2.75) is 156 Å². The number of sulfonamides is 1. The van der Waals surface area contributed by atoms with Crippen LogP contribution in [0.2, 0.25) is 0 Å². The number of nitriles is 1. The summed E-state index contributed by atoms with van der Waals surface area (Å²) in [4.78, 5) is 46.3. The van der Waals surface area contributed by atoms with Gasteiger partial charge in [-0.3, -0.25) is 15.0 Å². The number of aryl methyl sites for hydroxylation is 6. The molecule has 6 aliphatic heterocycles. The second-order valence-corrected chi connectivity index (χ2v) is 33.5. The molecule has 0 saturated carbocycles. The Morgan fingerprint density at radius 1 is 0.462 bits per heavy atom. The van der Waals surface area contributed by atoms with Gasteiger partial charge in [-0.2, -0.15) is 9.57 Å². The summed E-state index contributed by atoms with van der Waals surface area (Å²) >= 11 is 0. The minimum absolute atomic E-state index is 0.0160. The summed E-state index contributed by atoms with van der Waals surface area (Å²) in [7, 11) is -2.10. The summed E-state index contributed by atoms with van der Waals surface area (Å²) in [6.45, 7) is 19.2. The van der Waals surface area contributed by atoms with Crippen molar-refractivity contribution >= 4 is 27.8 Å². The summed E-state index contributed by atoms with van der Waals surface area (Å²) in [6.07, 6.45) is 4.01. The van der Waals surface area contributed by atoms with Crippen LogP contribution in [-0.4, -0.2) is 76.3 Å². The second-order valence-electron chi connectivity index (χ2n) is 31.5. The summed E-state index contributed by atoms with van der Waals surface area (Å²) < 4.78 is 53.2. The molecule has 4 amide bonds. The van der Waals surface area contributed by atoms with Gasteiger partial charge in [0.1, 0.15) is 5.75 Å². The number of aromatic nitrogens is 3. The van der Waals surface area contributed by atoms with Gasteiger partial charge in [0.2, 0.25) is 10.0 Å². The van der Waals surface area contributed by atoms with Gasteiger partial charge in [0.15, 0.2) is 0 Å². The van der Waals surface area contributed by atoms with E-state index < -0.39 is 10.0 Å². The van der Waals surface area contributed by atoms with E-state index in [1.54, 1.807) is 19.2 Å². The van der Waals surface area contributed by atoms with Gasteiger partial charge in [-0.25, -0.2) is 18.0 Å². The molecule has 0 fully saturated rings. The highest BCUT2D eigenvalue weighted by Crippen LogP contribution is 2.45. The number of amides is 4. The molecule has 0 radical (unpaired) electrons. The minimum Gasteiger partial charge on any atom is -0.497 e. The number of pyridine rings is 3. The molecule has 592 valence electrons. The van der Waals surface area contributed by atoms with Gasteiger partial charge in [-0.05, 0) is 186 Å². The Kier molecular flexibility index (Phi) is 23.2. The van der Waals surface area contributed by atoms with Crippen LogP contribution in [0.5, 0.6) is 5.75 Å². The van der Waals surface area contributed by atoms with Crippen molar-refractivity contribution in [1.29, 1.82) is 5.26 Å². The highest BCUT2D eigenvalue weighted by Gasteiger charge is 2.38. The maximum absolute atomic E-state index is 13.6. The first-order chi connectivity index (χ1) is 56.8. The fourth-order valence-corrected chi connectivity index (χ4v) is 18.8. The van der Waals surface area contributed by atoms with Crippen molar-refractivity contribution in [2.24, 2.45) is 0 Å². The van der Waals surface area contributed by atoms with Gasteiger partial charge in [-0.15, -0.1) is 0 Å². The fourth-order valence-electron chi connectivity index (χ4n) is 17.4. The lowest BCUT2D eigenvalue weighted by molar-refractivity contribution is 0.0263. The van der Waals surface area contributed by atoms with Crippen LogP contribution in [0.15, 0.2) is 229 Å². The van der Waals surface area contributed by atoms with Gasteiger partial charge >= 0.3 is 12.1 Å². The van der Waals surface area contributed by atoms with Crippen LogP contribution < -0.4 is 15.4 Å². The van der Waals surface area contributed by atoms with Crippen LogP contribution in [0.4, 0.5) is 15.3 Å². The number of carbonyl (C=O) groups is 2. The number of hydrogen-bond acceptors (Lipinski definition) is 12. The van der Waals surface area contributed by atoms with Gasteiger partial charge in [0, 0.05) is 117 Å². The van der Waals surface area contributed by atoms with Gasteiger partial charge < -0.3 is 39.4 Å². The Hall–Kier alpha value is -12.0. The average molecular weight is 1570 g/mol. The lowest BCUT2D eigenvalue weighted by atomic mass is 9.86. The highest BCUT2D eigenvalue weighted by atomic mass is 32.2. The monoisotopic (exact) mass is 1570 g/mol. The highest BCUT2D eigenvalue weighted by molar-refractivity contribution is 7.89. The van der Waals surface area contributed by atoms with Crippen molar-refractivity contribution in [2.75, 3.05) is 32.1 Å². The molecule has 0 aliphatic carbocycles. The number of anilines is 1. The van der Waals surface area contributed by atoms with Gasteiger partial charge in [-0.1, -0.05) is 193 Å². The van der Waals surface area contributed by atoms with Gasteiger partial charge in [0.05, 0.1) is 84.9 Å². The maximum atomic E-state index is 13.6. The van der Waals surface area contributed by atoms with E-state index in [0.717, 1.165) is 109 Å². The molecule has 0 bridgehead atoms. The average Bonchev–Trinajstić information content (AvgIpc) is 0.754. The Morgan fingerprint density at radius 2 is 0.846 bits per heavy atom. The SMILES string of the molecule is COc1ccc(NC(=O)N2CCc3nc(-c4ccc(C)cc4C)c4c(c3C2)CO[C@@H](c2ccccc2)C4)cc1.Cc1ccc(-c2nc3c(c4c2C[C@H](c2ccccc2)OC4)CN(C(=O)N[C@H](C)c2ccccc2)CC3)c(C)c1.Cc1ccc(-c2nc3c(c4c2C[C@H](c2ccccc2)OC4)CN(S(=O)(=O)c2ccc(C#N)cc2)CC3)c(C)c1. The number of ether oxygens (including phenoxy) is 4. The summed E-state index contributed by atoms with van der Waals surface area (Å²) in [5.74, 6) is 0.756. The molecule has 0 saturated heterocycles. The molecule has 6 aliphatic rings. The lowest BCUT2D eigenvalue weighted by Crippen LogP contribution is -2.44. The molecule has 2 N–H and O–H groups in total. The molecule has 17 nitrogen and oxygen atoms in total. The molecule has 4 atom stereocenters. The van der Waals surface area contributed by atoms with Crippen LogP contribution in [0.3, 0.4) is 0 Å². The van der Waals surface area contributed by atoms with E-state index in [-0.39, 0.29) is 47.9 Å². The maximum Gasteiger partial charge on any atom is 0.322 e. The summed E-state index contributed by atoms with van der Waals surface area (Å²) in [6, 6.07) is 76.1. The molecule has 117 heavy (non-hydrogen) atoms. The zero-order chi connectivity index (χ0) is 81.0. The van der Waals surface area contributed by atoms with Crippen molar-refractivity contribution in [3.05, 3.63) is 353 Å². The van der Waals surface area contributed by atoms with E-state index in [1.807, 2.05) is 108 Å². The van der Waals surface area contributed by atoms with Crippen molar-refractivity contribution in [1.82, 2.24) is 34.4 Å². The predicted octanol–water partition coefficient (Wildman–Crippen LogP) is 19.6. The Balaban J connectivity index is 0.000000131. The Bertz CT molecular complexity index is 5870. The third-order valence-corrected chi connectivity index (χ3v) is 25.6. The minimum atomic E-state index is -3.73. The number of hydrogen-bond donors (Lipinski definition) is 2. The number of methoxy groups -OCH3 is 1. The first kappa shape index (κ1) is 78.9. The molecule has 18 heteroatoms. The van der Waals surface area contributed by atoms with E-state index >= 15 is 0 Å². The molecule has 9 heterocycles. The number of fused-ring (bicyclic) bond motifs is 9. The predicted molar refractivity (Wildman–Crippen MR) is 457 cm³/mol. The standard InChI is InChI=1S/C34H35N3O2.C33H33N3O3.C32H29N3O3S/c1-22-14-15-27(23(2)18-22)33-28-19-32(26-12-8-5-9-13-26)39-21-30(28)29-20-37(17-16-31(29)36-33)34(38)35-24(3)25-10-6-4-7-11-25;1-21-9-14-26(22(2)17-21)32-27-18-31(23-7-5-4-6-8-23)39-20-29(27)28-19-36(16-15-30(28)35-32)33(37)34-24-10-12-25(38-3)13-11-24;1-21-8-13-26(22(2)16-21)32-27-17-31(24-6-4-3-5-7-24)38-20-29(27)28-19-35(15-14-30(28)34-32)39(36,37)25-11-9-23(18-33)10-12-25/h4-15,18,24,32H,16-17,19-21H2,1-3H3,(H,35,38);4-14,17,31H,15-16,18-20H2,1-3H3,(H,34,37);3-13,16,31H,14-15,17,19-20H2,1-2H3/t24-,32-;2*31-/m111/s1. The quantitative estimate of drug-likeness (QED) is 0.117. The van der Waals surface area contributed by atoms with Crippen molar-refractivity contribution in [3.63, 3.8) is 0 Å². The summed E-state index contributed by atoms with van der Waals surface area (Å²) in [5, 5.41) is 15.3. The van der Waals surface area contributed by atoms with Crippen LogP contribution in [-0.2, 0) is 102 Å². The van der Waals surface area contributed by atoms with Crippen LogP contribution in [0.25, 0.3) is 33.8 Å². The molecular weight excluding hydrogens is 1480 g/mol. The molecule has 12 aromatic rings. The number of urea groups is 2.